The van der Waals surface area contributed by atoms with Gasteiger partial charge in [-0.2, -0.15) is 0 Å². The fourth-order valence-corrected chi connectivity index (χ4v) is 2.32. The molecule has 10 N–H and O–H groups in total. The smallest absolute Gasteiger partial charge is 0.326 e. The maximum absolute atomic E-state index is 12.5. The van der Waals surface area contributed by atoms with Crippen LogP contribution in [0.3, 0.4) is 0 Å². The number of nitrogens with two attached hydrogens (primary N) is 1. The second-order valence-electron chi connectivity index (χ2n) is 6.98. The lowest BCUT2D eigenvalue weighted by atomic mass is 10.1. The molecule has 0 bridgehead atoms. The van der Waals surface area contributed by atoms with Crippen LogP contribution in [0, 0.1) is 0 Å². The quantitative estimate of drug-likeness (QED) is 0.119. The molecule has 0 aromatic carbocycles. The van der Waals surface area contributed by atoms with E-state index in [0.717, 1.165) is 6.92 Å². The maximum atomic E-state index is 12.5. The van der Waals surface area contributed by atoms with Crippen molar-refractivity contribution in [3.63, 3.8) is 0 Å². The summed E-state index contributed by atoms with van der Waals surface area (Å²) in [7, 11) is 0. The zero-order valence-electron chi connectivity index (χ0n) is 17.3. The van der Waals surface area contributed by atoms with Crippen LogP contribution in [0.1, 0.15) is 33.1 Å². The van der Waals surface area contributed by atoms with Crippen molar-refractivity contribution in [2.24, 2.45) is 5.73 Å². The molecular weight excluding hydrogens is 436 g/mol. The van der Waals surface area contributed by atoms with E-state index < -0.39 is 91.3 Å². The summed E-state index contributed by atoms with van der Waals surface area (Å²) in [5.74, 6) is -7.83. The van der Waals surface area contributed by atoms with Gasteiger partial charge in [-0.25, -0.2) is 4.79 Å². The Labute approximate surface area is 182 Å². The van der Waals surface area contributed by atoms with Crippen LogP contribution in [-0.4, -0.2) is 97.5 Å². The Morgan fingerprint density at radius 1 is 0.750 bits per heavy atom. The minimum atomic E-state index is -1.77. The van der Waals surface area contributed by atoms with Crippen molar-refractivity contribution in [2.45, 2.75) is 69.5 Å². The lowest BCUT2D eigenvalue weighted by molar-refractivity contribution is -0.145. The topological polar surface area (TPSA) is 266 Å². The van der Waals surface area contributed by atoms with Crippen molar-refractivity contribution < 1.29 is 54.3 Å². The zero-order valence-corrected chi connectivity index (χ0v) is 17.3. The summed E-state index contributed by atoms with van der Waals surface area (Å²) < 4.78 is 0. The van der Waals surface area contributed by atoms with Gasteiger partial charge in [-0.05, 0) is 20.3 Å². The number of carbonyl (C=O) groups is 6. The van der Waals surface area contributed by atoms with E-state index in [4.69, 9.17) is 21.1 Å². The Hall–Kier alpha value is -3.30. The fraction of sp³-hybridized carbons (Fsp3) is 0.647. The molecule has 15 heteroatoms. The second kappa shape index (κ2) is 13.2. The van der Waals surface area contributed by atoms with E-state index in [1.807, 2.05) is 16.0 Å². The van der Waals surface area contributed by atoms with Crippen LogP contribution in [0.2, 0.25) is 0 Å². The highest BCUT2D eigenvalue weighted by Gasteiger charge is 2.34. The van der Waals surface area contributed by atoms with Gasteiger partial charge < -0.3 is 47.2 Å². The van der Waals surface area contributed by atoms with Gasteiger partial charge in [0.2, 0.25) is 17.7 Å². The minimum Gasteiger partial charge on any atom is -0.481 e. The number of hydrogen-bond donors (Lipinski definition) is 9. The van der Waals surface area contributed by atoms with Gasteiger partial charge in [0.1, 0.15) is 24.2 Å². The SMILES string of the molecule is CC(O)C(N)C(=O)NC(CC(=O)O)C(=O)NC(C(=O)NC(CCC(=O)O)C(=O)O)C(C)O. The first-order valence-electron chi connectivity index (χ1n) is 9.36. The van der Waals surface area contributed by atoms with E-state index in [9.17, 15) is 39.0 Å². The lowest BCUT2D eigenvalue weighted by Crippen LogP contribution is -2.60. The summed E-state index contributed by atoms with van der Waals surface area (Å²) in [6.45, 7) is 2.26. The van der Waals surface area contributed by atoms with E-state index in [2.05, 4.69) is 0 Å². The van der Waals surface area contributed by atoms with Crippen molar-refractivity contribution in [2.75, 3.05) is 0 Å². The number of carboxylic acid groups (broad SMARTS) is 3. The third-order valence-corrected chi connectivity index (χ3v) is 4.16. The standard InChI is InChI=1S/C17H28N4O11/c1-6(22)12(18)15(29)20-9(5-11(26)27)14(28)21-13(7(2)23)16(30)19-8(17(31)32)3-4-10(24)25/h6-9,12-13,22-23H,3-5,18H2,1-2H3,(H,19,30)(H,20,29)(H,21,28)(H,24,25)(H,26,27)(H,31,32). The molecule has 0 fully saturated rings. The summed E-state index contributed by atoms with van der Waals surface area (Å²) in [5.41, 5.74) is 5.43. The first-order valence-corrected chi connectivity index (χ1v) is 9.36. The minimum absolute atomic E-state index is 0.480. The highest BCUT2D eigenvalue weighted by molar-refractivity contribution is 5.96. The Morgan fingerprint density at radius 2 is 1.28 bits per heavy atom. The van der Waals surface area contributed by atoms with Crippen LogP contribution in [0.5, 0.6) is 0 Å². The van der Waals surface area contributed by atoms with Crippen molar-refractivity contribution in [1.29, 1.82) is 0 Å². The number of amides is 3. The predicted octanol–water partition coefficient (Wildman–Crippen LogP) is -4.05. The number of nitrogens with one attached hydrogen (secondary N) is 3. The lowest BCUT2D eigenvalue weighted by Gasteiger charge is -2.26. The molecule has 3 amide bonds. The average Bonchev–Trinajstić information content (AvgIpc) is 2.66. The molecule has 182 valence electrons. The molecule has 0 aliphatic heterocycles. The molecule has 6 atom stereocenters. The van der Waals surface area contributed by atoms with Gasteiger partial charge in [-0.3, -0.25) is 24.0 Å². The van der Waals surface area contributed by atoms with E-state index in [1.54, 1.807) is 0 Å². The third kappa shape index (κ3) is 10.1. The summed E-state index contributed by atoms with van der Waals surface area (Å²) in [6.07, 6.45) is -4.91. The van der Waals surface area contributed by atoms with Crippen LogP contribution in [0.15, 0.2) is 0 Å². The van der Waals surface area contributed by atoms with E-state index in [0.29, 0.717) is 0 Å². The first kappa shape index (κ1) is 28.7. The van der Waals surface area contributed by atoms with Crippen molar-refractivity contribution in [3.05, 3.63) is 0 Å². The van der Waals surface area contributed by atoms with Crippen molar-refractivity contribution in [1.82, 2.24) is 16.0 Å². The van der Waals surface area contributed by atoms with Crippen LogP contribution in [0.25, 0.3) is 0 Å². The number of rotatable bonds is 14. The summed E-state index contributed by atoms with van der Waals surface area (Å²) >= 11 is 0. The number of hydrogen-bond acceptors (Lipinski definition) is 9. The molecule has 0 aromatic heterocycles. The molecule has 0 spiro atoms. The molecule has 0 aliphatic rings. The molecule has 0 heterocycles. The van der Waals surface area contributed by atoms with E-state index >= 15 is 0 Å². The van der Waals surface area contributed by atoms with Crippen LogP contribution in [0.4, 0.5) is 0 Å². The molecule has 0 saturated carbocycles. The molecule has 15 nitrogen and oxygen atoms in total. The van der Waals surface area contributed by atoms with Crippen LogP contribution < -0.4 is 21.7 Å². The number of carboxylic acids is 3. The molecule has 6 unspecified atom stereocenters. The number of aliphatic hydroxyl groups is 2. The molecule has 32 heavy (non-hydrogen) atoms. The zero-order chi connectivity index (χ0) is 25.2. The Morgan fingerprint density at radius 3 is 1.69 bits per heavy atom. The van der Waals surface area contributed by atoms with Gasteiger partial charge in [0.15, 0.2) is 0 Å². The summed E-state index contributed by atoms with van der Waals surface area (Å²) in [6, 6.07) is -6.65. The third-order valence-electron chi connectivity index (χ3n) is 4.16. The van der Waals surface area contributed by atoms with E-state index in [1.165, 1.54) is 6.92 Å². The Balaban J connectivity index is 5.45. The van der Waals surface area contributed by atoms with Gasteiger partial charge in [0.25, 0.3) is 0 Å². The first-order chi connectivity index (χ1) is 14.7. The molecule has 0 saturated heterocycles. The van der Waals surface area contributed by atoms with Gasteiger partial charge in [0.05, 0.1) is 18.6 Å². The largest absolute Gasteiger partial charge is 0.481 e. The summed E-state index contributed by atoms with van der Waals surface area (Å²) in [4.78, 5) is 69.8. The Bertz CT molecular complexity index is 725. The average molecular weight is 464 g/mol. The highest BCUT2D eigenvalue weighted by Crippen LogP contribution is 2.03. The van der Waals surface area contributed by atoms with E-state index in [-0.39, 0.29) is 0 Å². The number of aliphatic hydroxyl groups excluding tert-OH is 2. The Kier molecular flexibility index (Phi) is 11.8. The second-order valence-corrected chi connectivity index (χ2v) is 6.98. The molecule has 0 radical (unpaired) electrons. The molecular formula is C17H28N4O11. The molecule has 0 aliphatic carbocycles. The molecule has 0 rings (SSSR count). The molecule has 0 aromatic rings. The van der Waals surface area contributed by atoms with Gasteiger partial charge in [-0.1, -0.05) is 0 Å². The van der Waals surface area contributed by atoms with Gasteiger partial charge >= 0.3 is 17.9 Å². The van der Waals surface area contributed by atoms with Crippen molar-refractivity contribution in [3.8, 4) is 0 Å². The number of carbonyl (C=O) groups excluding carboxylic acids is 3. The van der Waals surface area contributed by atoms with Gasteiger partial charge in [0, 0.05) is 6.42 Å². The summed E-state index contributed by atoms with van der Waals surface area (Å²) in [5, 5.41) is 51.9. The fourth-order valence-electron chi connectivity index (χ4n) is 2.32. The van der Waals surface area contributed by atoms with Crippen molar-refractivity contribution >= 4 is 35.6 Å². The van der Waals surface area contributed by atoms with Crippen LogP contribution >= 0.6 is 0 Å². The van der Waals surface area contributed by atoms with Crippen LogP contribution in [-0.2, 0) is 28.8 Å². The number of aliphatic carboxylic acids is 3. The van der Waals surface area contributed by atoms with Gasteiger partial charge in [-0.15, -0.1) is 0 Å². The highest BCUT2D eigenvalue weighted by atomic mass is 16.4. The predicted molar refractivity (Wildman–Crippen MR) is 104 cm³/mol. The normalized spacial score (nSPS) is 16.4. The monoisotopic (exact) mass is 464 g/mol. The maximum Gasteiger partial charge on any atom is 0.326 e.